The van der Waals surface area contributed by atoms with Crippen molar-refractivity contribution in [3.63, 3.8) is 0 Å². The van der Waals surface area contributed by atoms with Gasteiger partial charge in [0.2, 0.25) is 0 Å². The summed E-state index contributed by atoms with van der Waals surface area (Å²) in [6.45, 7) is 1.56. The molecule has 0 aliphatic heterocycles. The molecule has 5 heteroatoms. The number of halogens is 3. The van der Waals surface area contributed by atoms with E-state index in [1.807, 2.05) is 12.1 Å². The minimum atomic E-state index is 0. The maximum absolute atomic E-state index is 6.11. The lowest BCUT2D eigenvalue weighted by Crippen LogP contribution is -2.17. The summed E-state index contributed by atoms with van der Waals surface area (Å²) in [5.41, 5.74) is 2.29. The summed E-state index contributed by atoms with van der Waals surface area (Å²) in [5, 5.41) is 4.54. The molecule has 0 spiro atoms. The van der Waals surface area contributed by atoms with Gasteiger partial charge in [0.05, 0.1) is 12.1 Å². The second-order valence-corrected chi connectivity index (χ2v) is 5.34. The molecule has 1 N–H and O–H groups in total. The highest BCUT2D eigenvalue weighted by Crippen LogP contribution is 2.31. The Morgan fingerprint density at radius 2 is 1.81 bits per heavy atom. The Kier molecular flexibility index (Phi) is 7.91. The number of hydrogen-bond donors (Lipinski definition) is 1. The maximum Gasteiger partial charge on any atom is 0.142 e. The molecule has 0 radical (unpaired) electrons. The lowest BCUT2D eigenvalue weighted by molar-refractivity contribution is 0.408. The van der Waals surface area contributed by atoms with Crippen molar-refractivity contribution in [1.82, 2.24) is 5.32 Å². The topological polar surface area (TPSA) is 21.3 Å². The van der Waals surface area contributed by atoms with Crippen molar-refractivity contribution in [2.24, 2.45) is 0 Å². The Hall–Kier alpha value is -0.930. The summed E-state index contributed by atoms with van der Waals surface area (Å²) in [6.07, 6.45) is 0.984. The summed E-state index contributed by atoms with van der Waals surface area (Å²) < 4.78 is 5.32. The van der Waals surface area contributed by atoms with Gasteiger partial charge in [0.1, 0.15) is 5.75 Å². The molecule has 0 saturated carbocycles. The molecule has 0 heterocycles. The van der Waals surface area contributed by atoms with Crippen LogP contribution in [0.2, 0.25) is 10.0 Å². The van der Waals surface area contributed by atoms with E-state index >= 15 is 0 Å². The third kappa shape index (κ3) is 5.40. The van der Waals surface area contributed by atoms with Crippen LogP contribution in [-0.2, 0) is 13.0 Å². The Morgan fingerprint density at radius 1 is 1.10 bits per heavy atom. The molecule has 0 aromatic heterocycles. The van der Waals surface area contributed by atoms with Crippen LogP contribution >= 0.6 is 35.6 Å². The number of benzene rings is 2. The first kappa shape index (κ1) is 18.1. The van der Waals surface area contributed by atoms with Gasteiger partial charge in [-0.25, -0.2) is 0 Å². The Morgan fingerprint density at radius 3 is 2.48 bits per heavy atom. The van der Waals surface area contributed by atoms with E-state index in [9.17, 15) is 0 Å². The first-order valence-electron chi connectivity index (χ1n) is 6.47. The largest absolute Gasteiger partial charge is 0.495 e. The van der Waals surface area contributed by atoms with Crippen molar-refractivity contribution in [1.29, 1.82) is 0 Å². The molecule has 0 aliphatic carbocycles. The predicted molar refractivity (Wildman–Crippen MR) is 92.1 cm³/mol. The second-order valence-electron chi connectivity index (χ2n) is 4.49. The summed E-state index contributed by atoms with van der Waals surface area (Å²) in [6, 6.07) is 13.9. The van der Waals surface area contributed by atoms with E-state index in [0.29, 0.717) is 22.3 Å². The van der Waals surface area contributed by atoms with Gasteiger partial charge < -0.3 is 10.1 Å². The van der Waals surface area contributed by atoms with Crippen LogP contribution in [0.4, 0.5) is 0 Å². The van der Waals surface area contributed by atoms with Crippen LogP contribution in [0, 0.1) is 0 Å². The quantitative estimate of drug-likeness (QED) is 0.762. The van der Waals surface area contributed by atoms with E-state index in [1.165, 1.54) is 5.56 Å². The third-order valence-electron chi connectivity index (χ3n) is 3.04. The number of nitrogens with one attached hydrogen (secondary N) is 1. The van der Waals surface area contributed by atoms with E-state index in [2.05, 4.69) is 29.6 Å². The van der Waals surface area contributed by atoms with E-state index in [0.717, 1.165) is 18.5 Å². The highest BCUT2D eigenvalue weighted by Gasteiger charge is 2.09. The van der Waals surface area contributed by atoms with E-state index in [1.54, 1.807) is 13.2 Å². The normalized spacial score (nSPS) is 10.0. The maximum atomic E-state index is 6.11. The molecule has 0 fully saturated rings. The molecule has 114 valence electrons. The Balaban J connectivity index is 0.00000220. The Labute approximate surface area is 141 Å². The summed E-state index contributed by atoms with van der Waals surface area (Å²) in [7, 11) is 1.61. The molecule has 2 aromatic rings. The minimum absolute atomic E-state index is 0. The van der Waals surface area contributed by atoms with Gasteiger partial charge in [-0.15, -0.1) is 12.4 Å². The summed E-state index contributed by atoms with van der Waals surface area (Å²) in [5.74, 6) is 0.684. The predicted octanol–water partition coefficient (Wildman–Crippen LogP) is 4.76. The summed E-state index contributed by atoms with van der Waals surface area (Å²) in [4.78, 5) is 0. The van der Waals surface area contributed by atoms with Gasteiger partial charge in [0, 0.05) is 17.1 Å². The van der Waals surface area contributed by atoms with Crippen LogP contribution in [0.3, 0.4) is 0 Å². The zero-order chi connectivity index (χ0) is 14.4. The fourth-order valence-electron chi connectivity index (χ4n) is 2.07. The lowest BCUT2D eigenvalue weighted by atomic mass is 10.1. The zero-order valence-electron chi connectivity index (χ0n) is 11.7. The monoisotopic (exact) mass is 345 g/mol. The molecule has 21 heavy (non-hydrogen) atoms. The van der Waals surface area contributed by atoms with Crippen LogP contribution in [0.15, 0.2) is 42.5 Å². The SMILES string of the molecule is COc1c(Cl)cc(Cl)cc1CNCCc1ccccc1.Cl. The first-order chi connectivity index (χ1) is 9.70. The molecule has 2 aromatic carbocycles. The van der Waals surface area contributed by atoms with Crippen molar-refractivity contribution >= 4 is 35.6 Å². The molecule has 0 unspecified atom stereocenters. The standard InChI is InChI=1S/C16H17Cl2NO.ClH/c1-20-16-13(9-14(17)10-15(16)18)11-19-8-7-12-5-3-2-4-6-12;/h2-6,9-10,19H,7-8,11H2,1H3;1H. The van der Waals surface area contributed by atoms with Crippen LogP contribution < -0.4 is 10.1 Å². The van der Waals surface area contributed by atoms with Gasteiger partial charge in [0.15, 0.2) is 0 Å². The van der Waals surface area contributed by atoms with Crippen LogP contribution in [-0.4, -0.2) is 13.7 Å². The highest BCUT2D eigenvalue weighted by atomic mass is 35.5. The van der Waals surface area contributed by atoms with E-state index < -0.39 is 0 Å². The van der Waals surface area contributed by atoms with Crippen molar-refractivity contribution in [3.05, 3.63) is 63.6 Å². The average Bonchev–Trinajstić information content (AvgIpc) is 2.44. The van der Waals surface area contributed by atoms with Crippen LogP contribution in [0.1, 0.15) is 11.1 Å². The van der Waals surface area contributed by atoms with E-state index in [4.69, 9.17) is 27.9 Å². The molecule has 0 atom stereocenters. The van der Waals surface area contributed by atoms with Gasteiger partial charge in [-0.3, -0.25) is 0 Å². The molecule has 0 aliphatic rings. The minimum Gasteiger partial charge on any atom is -0.495 e. The molecular weight excluding hydrogens is 329 g/mol. The van der Waals surface area contributed by atoms with Gasteiger partial charge in [-0.1, -0.05) is 53.5 Å². The first-order valence-corrected chi connectivity index (χ1v) is 7.23. The molecule has 2 rings (SSSR count). The molecule has 2 nitrogen and oxygen atoms in total. The average molecular weight is 347 g/mol. The van der Waals surface area contributed by atoms with Crippen molar-refractivity contribution in [2.75, 3.05) is 13.7 Å². The van der Waals surface area contributed by atoms with E-state index in [-0.39, 0.29) is 12.4 Å². The fraction of sp³-hybridized carbons (Fsp3) is 0.250. The third-order valence-corrected chi connectivity index (χ3v) is 3.54. The number of rotatable bonds is 6. The van der Waals surface area contributed by atoms with Gasteiger partial charge in [-0.05, 0) is 30.7 Å². The molecule has 0 saturated heterocycles. The van der Waals surface area contributed by atoms with Crippen molar-refractivity contribution in [3.8, 4) is 5.75 Å². The van der Waals surface area contributed by atoms with Crippen LogP contribution in [0.5, 0.6) is 5.75 Å². The van der Waals surface area contributed by atoms with Gasteiger partial charge >= 0.3 is 0 Å². The van der Waals surface area contributed by atoms with Gasteiger partial charge in [-0.2, -0.15) is 0 Å². The van der Waals surface area contributed by atoms with Crippen LogP contribution in [0.25, 0.3) is 0 Å². The zero-order valence-corrected chi connectivity index (χ0v) is 14.1. The highest BCUT2D eigenvalue weighted by molar-refractivity contribution is 6.35. The smallest absolute Gasteiger partial charge is 0.142 e. The Bertz CT molecular complexity index is 561. The number of methoxy groups -OCH3 is 1. The molecule has 0 bridgehead atoms. The molecule has 0 amide bonds. The lowest BCUT2D eigenvalue weighted by Gasteiger charge is -2.12. The number of hydrogen-bond acceptors (Lipinski definition) is 2. The second kappa shape index (κ2) is 9.16. The fourth-order valence-corrected chi connectivity index (χ4v) is 2.69. The van der Waals surface area contributed by atoms with Crippen molar-refractivity contribution < 1.29 is 4.74 Å². The van der Waals surface area contributed by atoms with Crippen molar-refractivity contribution in [2.45, 2.75) is 13.0 Å². The summed E-state index contributed by atoms with van der Waals surface area (Å²) >= 11 is 12.1. The van der Waals surface area contributed by atoms with Gasteiger partial charge in [0.25, 0.3) is 0 Å². The number of ether oxygens (including phenoxy) is 1. The molecular formula is C16H18Cl3NO.